The van der Waals surface area contributed by atoms with Gasteiger partial charge in [0.2, 0.25) is 0 Å². The third kappa shape index (κ3) is 3.10. The number of nitrogens with one attached hydrogen (secondary N) is 1. The molecule has 3 nitrogen and oxygen atoms in total. The predicted octanol–water partition coefficient (Wildman–Crippen LogP) is 0.426. The van der Waals surface area contributed by atoms with E-state index in [4.69, 9.17) is 5.11 Å². The molecule has 13 heavy (non-hydrogen) atoms. The Morgan fingerprint density at radius 3 is 2.85 bits per heavy atom. The summed E-state index contributed by atoms with van der Waals surface area (Å²) in [5.74, 6) is 0. The molecule has 1 aliphatic heterocycles. The van der Waals surface area contributed by atoms with Crippen molar-refractivity contribution in [3.8, 4) is 0 Å². The zero-order chi connectivity index (χ0) is 9.68. The zero-order valence-corrected chi connectivity index (χ0v) is 7.95. The number of aliphatic hydroxyl groups is 2. The fourth-order valence-corrected chi connectivity index (χ4v) is 1.79. The molecule has 0 radical (unpaired) electrons. The van der Waals surface area contributed by atoms with Crippen LogP contribution in [0.15, 0.2) is 12.7 Å². The molecule has 0 unspecified atom stereocenters. The minimum Gasteiger partial charge on any atom is -0.395 e. The quantitative estimate of drug-likeness (QED) is 0.544. The average molecular weight is 185 g/mol. The Morgan fingerprint density at radius 2 is 2.31 bits per heavy atom. The molecular weight excluding hydrogens is 166 g/mol. The first-order valence-corrected chi connectivity index (χ1v) is 4.93. The van der Waals surface area contributed by atoms with E-state index < -0.39 is 0 Å². The van der Waals surface area contributed by atoms with Crippen LogP contribution in [-0.4, -0.2) is 35.0 Å². The molecule has 1 aliphatic rings. The number of aliphatic hydroxyl groups excluding tert-OH is 2. The van der Waals surface area contributed by atoms with Crippen LogP contribution in [0.2, 0.25) is 0 Å². The Balaban J connectivity index is 2.24. The molecule has 3 N–H and O–H groups in total. The van der Waals surface area contributed by atoms with Crippen LogP contribution >= 0.6 is 0 Å². The molecule has 1 fully saturated rings. The predicted molar refractivity (Wildman–Crippen MR) is 52.5 cm³/mol. The molecule has 0 bridgehead atoms. The van der Waals surface area contributed by atoms with Crippen molar-refractivity contribution in [3.05, 3.63) is 12.7 Å². The first-order valence-electron chi connectivity index (χ1n) is 4.93. The molecule has 1 saturated heterocycles. The Labute approximate surface area is 79.5 Å². The lowest BCUT2D eigenvalue weighted by Gasteiger charge is -2.18. The van der Waals surface area contributed by atoms with Gasteiger partial charge in [-0.2, -0.15) is 0 Å². The molecule has 3 heteroatoms. The van der Waals surface area contributed by atoms with Gasteiger partial charge >= 0.3 is 0 Å². The fourth-order valence-electron chi connectivity index (χ4n) is 1.79. The van der Waals surface area contributed by atoms with E-state index in [9.17, 15) is 5.11 Å². The summed E-state index contributed by atoms with van der Waals surface area (Å²) >= 11 is 0. The Morgan fingerprint density at radius 1 is 1.54 bits per heavy atom. The minimum absolute atomic E-state index is 0.164. The topological polar surface area (TPSA) is 52.5 Å². The maximum absolute atomic E-state index is 9.70. The van der Waals surface area contributed by atoms with E-state index in [-0.39, 0.29) is 24.8 Å². The van der Waals surface area contributed by atoms with Crippen LogP contribution in [0.5, 0.6) is 0 Å². The highest BCUT2D eigenvalue weighted by Crippen LogP contribution is 2.17. The minimum atomic E-state index is -0.297. The van der Waals surface area contributed by atoms with Crippen molar-refractivity contribution < 1.29 is 10.2 Å². The summed E-state index contributed by atoms with van der Waals surface area (Å²) in [4.78, 5) is 0. The van der Waals surface area contributed by atoms with Gasteiger partial charge in [0.05, 0.1) is 12.7 Å². The second-order valence-corrected chi connectivity index (χ2v) is 3.66. The molecule has 0 amide bonds. The summed E-state index contributed by atoms with van der Waals surface area (Å²) in [6, 6.07) is 0.348. The highest BCUT2D eigenvalue weighted by molar-refractivity contribution is 4.88. The van der Waals surface area contributed by atoms with E-state index in [1.165, 1.54) is 0 Å². The summed E-state index contributed by atoms with van der Waals surface area (Å²) in [5, 5.41) is 21.8. The molecule has 0 saturated carbocycles. The normalized spacial score (nSPS) is 30.3. The van der Waals surface area contributed by atoms with Crippen LogP contribution in [0.3, 0.4) is 0 Å². The molecule has 0 aromatic heterocycles. The average Bonchev–Trinajstić information content (AvgIpc) is 2.62. The monoisotopic (exact) mass is 185 g/mol. The van der Waals surface area contributed by atoms with Crippen molar-refractivity contribution in [1.82, 2.24) is 5.32 Å². The summed E-state index contributed by atoms with van der Waals surface area (Å²) in [6.45, 7) is 3.79. The van der Waals surface area contributed by atoms with E-state index in [2.05, 4.69) is 11.9 Å². The van der Waals surface area contributed by atoms with E-state index in [0.29, 0.717) is 0 Å². The zero-order valence-electron chi connectivity index (χ0n) is 7.95. The van der Waals surface area contributed by atoms with Crippen molar-refractivity contribution in [2.45, 2.75) is 43.9 Å². The lowest BCUT2D eigenvalue weighted by atomic mass is 10.0. The first-order chi connectivity index (χ1) is 6.27. The molecule has 3 atom stereocenters. The Hall–Kier alpha value is -0.380. The van der Waals surface area contributed by atoms with Crippen molar-refractivity contribution in [2.75, 3.05) is 6.61 Å². The van der Waals surface area contributed by atoms with Gasteiger partial charge < -0.3 is 15.5 Å². The summed E-state index contributed by atoms with van der Waals surface area (Å²) < 4.78 is 0. The van der Waals surface area contributed by atoms with E-state index in [0.717, 1.165) is 25.7 Å². The molecule has 1 heterocycles. The molecule has 0 aromatic carbocycles. The van der Waals surface area contributed by atoms with Crippen molar-refractivity contribution in [2.24, 2.45) is 0 Å². The number of rotatable bonds is 5. The van der Waals surface area contributed by atoms with Crippen LogP contribution in [0.4, 0.5) is 0 Å². The summed E-state index contributed by atoms with van der Waals surface area (Å²) in [5.41, 5.74) is 0. The first kappa shape index (κ1) is 10.7. The van der Waals surface area contributed by atoms with Gasteiger partial charge in [0.1, 0.15) is 0 Å². The van der Waals surface area contributed by atoms with Gasteiger partial charge in [0.25, 0.3) is 0 Å². The van der Waals surface area contributed by atoms with E-state index >= 15 is 0 Å². The van der Waals surface area contributed by atoms with Gasteiger partial charge in [-0.1, -0.05) is 6.08 Å². The third-order valence-electron chi connectivity index (χ3n) is 2.63. The Kier molecular flexibility index (Phi) is 4.42. The van der Waals surface area contributed by atoms with Gasteiger partial charge in [-0.3, -0.25) is 0 Å². The second kappa shape index (κ2) is 5.37. The van der Waals surface area contributed by atoms with Gasteiger partial charge in [-0.05, 0) is 25.7 Å². The van der Waals surface area contributed by atoms with Crippen LogP contribution in [0, 0.1) is 0 Å². The maximum Gasteiger partial charge on any atom is 0.0696 e. The van der Waals surface area contributed by atoms with Gasteiger partial charge in [0, 0.05) is 12.1 Å². The SMILES string of the molecule is C=CCC[C@@H](O)[C@@H]1CC[C@H](CO)N1. The van der Waals surface area contributed by atoms with E-state index in [1.807, 2.05) is 6.08 Å². The smallest absolute Gasteiger partial charge is 0.0696 e. The lowest BCUT2D eigenvalue weighted by molar-refractivity contribution is 0.122. The van der Waals surface area contributed by atoms with Crippen molar-refractivity contribution >= 4 is 0 Å². The molecule has 76 valence electrons. The highest BCUT2D eigenvalue weighted by Gasteiger charge is 2.27. The van der Waals surface area contributed by atoms with Crippen molar-refractivity contribution in [1.29, 1.82) is 0 Å². The molecule has 0 aliphatic carbocycles. The maximum atomic E-state index is 9.70. The van der Waals surface area contributed by atoms with E-state index in [1.54, 1.807) is 0 Å². The standard InChI is InChI=1S/C10H19NO2/c1-2-3-4-10(13)9-6-5-8(7-12)11-9/h2,8-13H,1,3-7H2/t8-,9+,10-/m1/s1. The number of hydrogen-bond acceptors (Lipinski definition) is 3. The second-order valence-electron chi connectivity index (χ2n) is 3.66. The molecule has 1 rings (SSSR count). The van der Waals surface area contributed by atoms with Gasteiger partial charge in [-0.25, -0.2) is 0 Å². The summed E-state index contributed by atoms with van der Waals surface area (Å²) in [6.07, 6.45) is 5.06. The largest absolute Gasteiger partial charge is 0.395 e. The molecular formula is C10H19NO2. The van der Waals surface area contributed by atoms with Gasteiger partial charge in [-0.15, -0.1) is 6.58 Å². The van der Waals surface area contributed by atoms with Crippen LogP contribution < -0.4 is 5.32 Å². The van der Waals surface area contributed by atoms with Crippen LogP contribution in [0.1, 0.15) is 25.7 Å². The summed E-state index contributed by atoms with van der Waals surface area (Å²) in [7, 11) is 0. The lowest BCUT2D eigenvalue weighted by Crippen LogP contribution is -2.39. The van der Waals surface area contributed by atoms with Gasteiger partial charge in [0.15, 0.2) is 0 Å². The highest BCUT2D eigenvalue weighted by atomic mass is 16.3. The third-order valence-corrected chi connectivity index (χ3v) is 2.63. The van der Waals surface area contributed by atoms with Crippen LogP contribution in [0.25, 0.3) is 0 Å². The van der Waals surface area contributed by atoms with Crippen LogP contribution in [-0.2, 0) is 0 Å². The number of hydrogen-bond donors (Lipinski definition) is 3. The number of allylic oxidation sites excluding steroid dienone is 1. The molecule has 0 aromatic rings. The molecule has 0 spiro atoms. The Bertz CT molecular complexity index is 161. The van der Waals surface area contributed by atoms with Crippen molar-refractivity contribution in [3.63, 3.8) is 0 Å². The fraction of sp³-hybridized carbons (Fsp3) is 0.800.